The van der Waals surface area contributed by atoms with E-state index in [2.05, 4.69) is 11.2 Å². The van der Waals surface area contributed by atoms with Crippen LogP contribution in [0.15, 0.2) is 16.7 Å². The van der Waals surface area contributed by atoms with Gasteiger partial charge in [-0.25, -0.2) is 4.79 Å². The average molecular weight is 234 g/mol. The van der Waals surface area contributed by atoms with Gasteiger partial charge in [-0.3, -0.25) is 0 Å². The van der Waals surface area contributed by atoms with Crippen LogP contribution in [-0.4, -0.2) is 33.8 Å². The average Bonchev–Trinajstić information content (AvgIpc) is 2.85. The van der Waals surface area contributed by atoms with Gasteiger partial charge in [-0.15, -0.1) is 0 Å². The number of fused-ring (bicyclic) bond motifs is 2. The van der Waals surface area contributed by atoms with Crippen LogP contribution in [0.3, 0.4) is 0 Å². The van der Waals surface area contributed by atoms with Crippen molar-refractivity contribution in [1.29, 1.82) is 0 Å². The smallest absolute Gasteiger partial charge is 0.407 e. The standard InChI is InChI=1S/C12H14N2O3/c1-7-4-11(17-13-7)9-3-2-8-5-10(9)14(6-8)12(15)16/h3-4,8,10H,2,5-6H2,1H3,(H,15,16). The number of nitrogens with zero attached hydrogens (tertiary/aromatic N) is 2. The molecule has 1 aromatic heterocycles. The molecular formula is C12H14N2O3. The van der Waals surface area contributed by atoms with E-state index in [9.17, 15) is 9.90 Å². The zero-order valence-electron chi connectivity index (χ0n) is 9.59. The number of hydrogen-bond acceptors (Lipinski definition) is 3. The zero-order chi connectivity index (χ0) is 12.0. The molecule has 0 saturated carbocycles. The summed E-state index contributed by atoms with van der Waals surface area (Å²) in [6.45, 7) is 2.50. The van der Waals surface area contributed by atoms with E-state index in [-0.39, 0.29) is 6.04 Å². The van der Waals surface area contributed by atoms with Gasteiger partial charge in [-0.2, -0.15) is 0 Å². The predicted octanol–water partition coefficient (Wildman–Crippen LogP) is 2.14. The van der Waals surface area contributed by atoms with Gasteiger partial charge in [0.1, 0.15) is 0 Å². The molecule has 1 N–H and O–H groups in total. The van der Waals surface area contributed by atoms with Crippen LogP contribution in [0, 0.1) is 12.8 Å². The van der Waals surface area contributed by atoms with Crippen molar-refractivity contribution >= 4 is 11.7 Å². The Hall–Kier alpha value is -1.78. The van der Waals surface area contributed by atoms with Crippen molar-refractivity contribution in [1.82, 2.24) is 10.1 Å². The van der Waals surface area contributed by atoms with Crippen molar-refractivity contribution in [2.45, 2.75) is 25.8 Å². The highest BCUT2D eigenvalue weighted by Crippen LogP contribution is 2.39. The maximum atomic E-state index is 11.2. The molecule has 17 heavy (non-hydrogen) atoms. The summed E-state index contributed by atoms with van der Waals surface area (Å²) in [6, 6.07) is 1.81. The number of aromatic nitrogens is 1. The van der Waals surface area contributed by atoms with Crippen molar-refractivity contribution in [3.8, 4) is 0 Å². The van der Waals surface area contributed by atoms with Gasteiger partial charge in [0.15, 0.2) is 5.76 Å². The number of allylic oxidation sites excluding steroid dienone is 1. The van der Waals surface area contributed by atoms with Crippen LogP contribution in [0.4, 0.5) is 4.79 Å². The van der Waals surface area contributed by atoms with Gasteiger partial charge in [-0.1, -0.05) is 11.2 Å². The number of aryl methyl sites for hydroxylation is 1. The van der Waals surface area contributed by atoms with Crippen LogP contribution in [0.25, 0.3) is 5.57 Å². The highest BCUT2D eigenvalue weighted by atomic mass is 16.5. The van der Waals surface area contributed by atoms with Crippen LogP contribution < -0.4 is 0 Å². The fourth-order valence-corrected chi connectivity index (χ4v) is 2.79. The zero-order valence-corrected chi connectivity index (χ0v) is 9.59. The third-order valence-electron chi connectivity index (χ3n) is 3.58. The fraction of sp³-hybridized carbons (Fsp3) is 0.500. The van der Waals surface area contributed by atoms with Crippen LogP contribution in [0.2, 0.25) is 0 Å². The summed E-state index contributed by atoms with van der Waals surface area (Å²) in [4.78, 5) is 12.7. The van der Waals surface area contributed by atoms with Gasteiger partial charge in [-0.05, 0) is 25.7 Å². The lowest BCUT2D eigenvalue weighted by molar-refractivity contribution is 0.147. The molecule has 1 saturated heterocycles. The molecule has 2 aliphatic rings. The third kappa shape index (κ3) is 1.62. The fourth-order valence-electron chi connectivity index (χ4n) is 2.79. The lowest BCUT2D eigenvalue weighted by Gasteiger charge is -2.23. The van der Waals surface area contributed by atoms with Crippen molar-refractivity contribution in [2.75, 3.05) is 6.54 Å². The Balaban J connectivity index is 1.95. The number of rotatable bonds is 1. The van der Waals surface area contributed by atoms with E-state index >= 15 is 0 Å². The van der Waals surface area contributed by atoms with E-state index in [1.807, 2.05) is 13.0 Å². The number of likely N-dealkylation sites (tertiary alicyclic amines) is 1. The molecule has 1 aliphatic heterocycles. The SMILES string of the molecule is Cc1cc(C2=CCC3CC2N(C(=O)O)C3)on1. The molecule has 2 atom stereocenters. The Morgan fingerprint density at radius 2 is 2.47 bits per heavy atom. The molecule has 5 nitrogen and oxygen atoms in total. The van der Waals surface area contributed by atoms with E-state index in [0.29, 0.717) is 18.2 Å². The van der Waals surface area contributed by atoms with Crippen molar-refractivity contribution in [2.24, 2.45) is 5.92 Å². The van der Waals surface area contributed by atoms with E-state index < -0.39 is 6.09 Å². The molecular weight excluding hydrogens is 220 g/mol. The Labute approximate surface area is 98.7 Å². The van der Waals surface area contributed by atoms with Gasteiger partial charge in [0.2, 0.25) is 0 Å². The first-order valence-electron chi connectivity index (χ1n) is 5.78. The Morgan fingerprint density at radius 3 is 3.12 bits per heavy atom. The summed E-state index contributed by atoms with van der Waals surface area (Å²) < 4.78 is 5.24. The van der Waals surface area contributed by atoms with Gasteiger partial charge in [0.25, 0.3) is 0 Å². The monoisotopic (exact) mass is 234 g/mol. The Kier molecular flexibility index (Phi) is 2.21. The van der Waals surface area contributed by atoms with Crippen LogP contribution in [-0.2, 0) is 0 Å². The molecule has 2 bridgehead atoms. The van der Waals surface area contributed by atoms with E-state index in [1.54, 1.807) is 0 Å². The van der Waals surface area contributed by atoms with E-state index in [4.69, 9.17) is 4.52 Å². The molecule has 2 heterocycles. The van der Waals surface area contributed by atoms with Gasteiger partial charge >= 0.3 is 6.09 Å². The first-order valence-corrected chi connectivity index (χ1v) is 5.78. The van der Waals surface area contributed by atoms with Crippen molar-refractivity contribution in [3.63, 3.8) is 0 Å². The molecule has 0 spiro atoms. The second-order valence-electron chi connectivity index (χ2n) is 4.78. The van der Waals surface area contributed by atoms with Gasteiger partial charge in [0, 0.05) is 18.2 Å². The summed E-state index contributed by atoms with van der Waals surface area (Å²) in [6.07, 6.45) is 3.08. The number of amides is 1. The van der Waals surface area contributed by atoms with Crippen LogP contribution in [0.5, 0.6) is 0 Å². The summed E-state index contributed by atoms with van der Waals surface area (Å²) >= 11 is 0. The largest absolute Gasteiger partial charge is 0.465 e. The topological polar surface area (TPSA) is 66.6 Å². The summed E-state index contributed by atoms with van der Waals surface area (Å²) in [5, 5.41) is 13.0. The van der Waals surface area contributed by atoms with Crippen molar-refractivity contribution < 1.29 is 14.4 Å². The predicted molar refractivity (Wildman–Crippen MR) is 60.5 cm³/mol. The van der Waals surface area contributed by atoms with Crippen LogP contribution >= 0.6 is 0 Å². The molecule has 5 heteroatoms. The minimum absolute atomic E-state index is 0.0569. The lowest BCUT2D eigenvalue weighted by Crippen LogP contribution is -2.34. The Bertz CT molecular complexity index is 492. The quantitative estimate of drug-likeness (QED) is 0.808. The number of hydrogen-bond donors (Lipinski definition) is 1. The lowest BCUT2D eigenvalue weighted by atomic mass is 9.89. The molecule has 0 radical (unpaired) electrons. The molecule has 90 valence electrons. The minimum atomic E-state index is -0.846. The first-order chi connectivity index (χ1) is 8.15. The second-order valence-corrected chi connectivity index (χ2v) is 4.78. The minimum Gasteiger partial charge on any atom is -0.465 e. The van der Waals surface area contributed by atoms with E-state index in [0.717, 1.165) is 24.1 Å². The molecule has 0 aromatic carbocycles. The molecule has 3 rings (SSSR count). The van der Waals surface area contributed by atoms with Crippen LogP contribution in [0.1, 0.15) is 24.3 Å². The summed E-state index contributed by atoms with van der Waals surface area (Å²) in [5.41, 5.74) is 1.80. The molecule has 2 unspecified atom stereocenters. The van der Waals surface area contributed by atoms with Gasteiger partial charge in [0.05, 0.1) is 11.7 Å². The highest BCUT2D eigenvalue weighted by Gasteiger charge is 2.41. The highest BCUT2D eigenvalue weighted by molar-refractivity contribution is 5.75. The normalized spacial score (nSPS) is 27.1. The molecule has 1 aromatic rings. The number of carbonyl (C=O) groups is 1. The molecule has 1 fully saturated rings. The Morgan fingerprint density at radius 1 is 1.65 bits per heavy atom. The second kappa shape index (κ2) is 3.61. The molecule has 1 aliphatic carbocycles. The van der Waals surface area contributed by atoms with Gasteiger partial charge < -0.3 is 14.5 Å². The molecule has 1 amide bonds. The van der Waals surface area contributed by atoms with E-state index in [1.165, 1.54) is 4.90 Å². The first kappa shape index (κ1) is 10.4. The van der Waals surface area contributed by atoms with Crippen molar-refractivity contribution in [3.05, 3.63) is 23.6 Å². The summed E-state index contributed by atoms with van der Waals surface area (Å²) in [7, 11) is 0. The maximum absolute atomic E-state index is 11.2. The third-order valence-corrected chi connectivity index (χ3v) is 3.58. The number of carboxylic acid groups (broad SMARTS) is 1. The summed E-state index contributed by atoms with van der Waals surface area (Å²) in [5.74, 6) is 1.17. The maximum Gasteiger partial charge on any atom is 0.407 e.